The first-order chi connectivity index (χ1) is 6.52. The number of carboxylic acids is 1. The van der Waals surface area contributed by atoms with E-state index in [2.05, 4.69) is 13.8 Å². The van der Waals surface area contributed by atoms with Gasteiger partial charge in [-0.15, -0.1) is 0 Å². The van der Waals surface area contributed by atoms with Gasteiger partial charge in [0.05, 0.1) is 5.56 Å². The summed E-state index contributed by atoms with van der Waals surface area (Å²) in [6.07, 6.45) is 2.93. The van der Waals surface area contributed by atoms with Crippen LogP contribution in [0.1, 0.15) is 36.3 Å². The summed E-state index contributed by atoms with van der Waals surface area (Å²) in [6.45, 7) is 7.08. The zero-order valence-electron chi connectivity index (χ0n) is 8.95. The molecule has 0 radical (unpaired) electrons. The SMILES string of the molecule is Cc1c(C(=O)O)ccn1CCC(C)C. The highest BCUT2D eigenvalue weighted by Crippen LogP contribution is 2.12. The van der Waals surface area contributed by atoms with Crippen molar-refractivity contribution in [2.45, 2.75) is 33.7 Å². The van der Waals surface area contributed by atoms with Crippen molar-refractivity contribution in [2.24, 2.45) is 5.92 Å². The van der Waals surface area contributed by atoms with Gasteiger partial charge < -0.3 is 9.67 Å². The highest BCUT2D eigenvalue weighted by molar-refractivity contribution is 5.88. The van der Waals surface area contributed by atoms with Crippen LogP contribution in [-0.2, 0) is 6.54 Å². The van der Waals surface area contributed by atoms with Gasteiger partial charge in [-0.2, -0.15) is 0 Å². The van der Waals surface area contributed by atoms with Crippen LogP contribution >= 0.6 is 0 Å². The molecule has 0 unspecified atom stereocenters. The molecule has 0 atom stereocenters. The molecular weight excluding hydrogens is 178 g/mol. The molecule has 0 aliphatic carbocycles. The minimum atomic E-state index is -0.842. The lowest BCUT2D eigenvalue weighted by Gasteiger charge is -2.08. The summed E-state index contributed by atoms with van der Waals surface area (Å²) in [7, 11) is 0. The molecule has 14 heavy (non-hydrogen) atoms. The summed E-state index contributed by atoms with van der Waals surface area (Å²) in [5.41, 5.74) is 1.26. The molecule has 0 saturated heterocycles. The van der Waals surface area contributed by atoms with Crippen LogP contribution in [0, 0.1) is 12.8 Å². The fourth-order valence-electron chi connectivity index (χ4n) is 1.42. The number of aryl methyl sites for hydroxylation is 1. The molecule has 1 N–H and O–H groups in total. The van der Waals surface area contributed by atoms with Crippen molar-refractivity contribution in [1.29, 1.82) is 0 Å². The molecule has 0 aliphatic rings. The Kier molecular flexibility index (Phi) is 3.33. The van der Waals surface area contributed by atoms with Crippen LogP contribution in [-0.4, -0.2) is 15.6 Å². The predicted octanol–water partition coefficient (Wildman–Crippen LogP) is 2.54. The van der Waals surface area contributed by atoms with Gasteiger partial charge in [-0.05, 0) is 25.3 Å². The molecular formula is C11H17NO2. The fraction of sp³-hybridized carbons (Fsp3) is 0.545. The highest BCUT2D eigenvalue weighted by Gasteiger charge is 2.10. The number of carbonyl (C=O) groups is 1. The molecule has 1 rings (SSSR count). The molecule has 3 nitrogen and oxygen atoms in total. The molecule has 0 aromatic carbocycles. The van der Waals surface area contributed by atoms with Crippen LogP contribution in [0.15, 0.2) is 12.3 Å². The third-order valence-corrected chi connectivity index (χ3v) is 2.42. The van der Waals surface area contributed by atoms with Crippen molar-refractivity contribution >= 4 is 5.97 Å². The van der Waals surface area contributed by atoms with Gasteiger partial charge in [-0.25, -0.2) is 4.79 Å². The van der Waals surface area contributed by atoms with E-state index < -0.39 is 5.97 Å². The molecule has 0 aliphatic heterocycles. The minimum Gasteiger partial charge on any atom is -0.478 e. The average molecular weight is 195 g/mol. The van der Waals surface area contributed by atoms with Gasteiger partial charge >= 0.3 is 5.97 Å². The van der Waals surface area contributed by atoms with E-state index in [4.69, 9.17) is 5.11 Å². The van der Waals surface area contributed by atoms with Crippen molar-refractivity contribution in [3.63, 3.8) is 0 Å². The summed E-state index contributed by atoms with van der Waals surface area (Å²) in [4.78, 5) is 10.8. The maximum atomic E-state index is 10.8. The van der Waals surface area contributed by atoms with E-state index in [1.54, 1.807) is 6.07 Å². The number of carboxylic acid groups (broad SMARTS) is 1. The number of nitrogens with zero attached hydrogens (tertiary/aromatic N) is 1. The fourth-order valence-corrected chi connectivity index (χ4v) is 1.42. The molecule has 0 saturated carbocycles. The summed E-state index contributed by atoms with van der Waals surface area (Å²) in [6, 6.07) is 1.66. The quantitative estimate of drug-likeness (QED) is 0.802. The van der Waals surface area contributed by atoms with Gasteiger partial charge in [0.1, 0.15) is 0 Å². The molecule has 78 valence electrons. The Balaban J connectivity index is 2.74. The van der Waals surface area contributed by atoms with Gasteiger partial charge in [0.15, 0.2) is 0 Å². The monoisotopic (exact) mass is 195 g/mol. The minimum absolute atomic E-state index is 0.411. The third kappa shape index (κ3) is 2.37. The maximum Gasteiger partial charge on any atom is 0.337 e. The van der Waals surface area contributed by atoms with E-state index in [9.17, 15) is 4.79 Å². The Morgan fingerprint density at radius 1 is 1.57 bits per heavy atom. The molecule has 1 aromatic rings. The average Bonchev–Trinajstić information content (AvgIpc) is 2.43. The van der Waals surface area contributed by atoms with Crippen LogP contribution < -0.4 is 0 Å². The van der Waals surface area contributed by atoms with Crippen LogP contribution in [0.2, 0.25) is 0 Å². The van der Waals surface area contributed by atoms with E-state index in [1.807, 2.05) is 17.7 Å². The van der Waals surface area contributed by atoms with Crippen molar-refractivity contribution in [2.75, 3.05) is 0 Å². The zero-order chi connectivity index (χ0) is 10.7. The topological polar surface area (TPSA) is 42.2 Å². The molecule has 0 fully saturated rings. The second-order valence-electron chi connectivity index (χ2n) is 4.00. The van der Waals surface area contributed by atoms with Crippen molar-refractivity contribution in [1.82, 2.24) is 4.57 Å². The number of hydrogen-bond acceptors (Lipinski definition) is 1. The van der Waals surface area contributed by atoms with Gasteiger partial charge in [-0.3, -0.25) is 0 Å². The lowest BCUT2D eigenvalue weighted by molar-refractivity contribution is 0.0696. The molecule has 0 bridgehead atoms. The third-order valence-electron chi connectivity index (χ3n) is 2.42. The molecule has 0 spiro atoms. The number of rotatable bonds is 4. The van der Waals surface area contributed by atoms with E-state index in [-0.39, 0.29) is 0 Å². The van der Waals surface area contributed by atoms with E-state index in [0.29, 0.717) is 11.5 Å². The highest BCUT2D eigenvalue weighted by atomic mass is 16.4. The summed E-state index contributed by atoms with van der Waals surface area (Å²) >= 11 is 0. The van der Waals surface area contributed by atoms with Crippen molar-refractivity contribution in [3.8, 4) is 0 Å². The second-order valence-corrected chi connectivity index (χ2v) is 4.00. The predicted molar refractivity (Wildman–Crippen MR) is 55.6 cm³/mol. The lowest BCUT2D eigenvalue weighted by Crippen LogP contribution is -2.04. The first-order valence-electron chi connectivity index (χ1n) is 4.91. The first-order valence-corrected chi connectivity index (χ1v) is 4.91. The normalized spacial score (nSPS) is 10.9. The van der Waals surface area contributed by atoms with E-state index >= 15 is 0 Å². The van der Waals surface area contributed by atoms with Crippen LogP contribution in [0.25, 0.3) is 0 Å². The Bertz CT molecular complexity index is 326. The maximum absolute atomic E-state index is 10.8. The Morgan fingerprint density at radius 3 is 2.64 bits per heavy atom. The second kappa shape index (κ2) is 4.31. The van der Waals surface area contributed by atoms with Gasteiger partial charge in [-0.1, -0.05) is 13.8 Å². The summed E-state index contributed by atoms with van der Waals surface area (Å²) in [5, 5.41) is 8.84. The van der Waals surface area contributed by atoms with Crippen LogP contribution in [0.3, 0.4) is 0 Å². The molecule has 3 heteroatoms. The first kappa shape index (κ1) is 10.8. The number of aromatic nitrogens is 1. The lowest BCUT2D eigenvalue weighted by atomic mass is 10.1. The van der Waals surface area contributed by atoms with Gasteiger partial charge in [0, 0.05) is 18.4 Å². The van der Waals surface area contributed by atoms with E-state index in [0.717, 1.165) is 18.7 Å². The van der Waals surface area contributed by atoms with Crippen LogP contribution in [0.5, 0.6) is 0 Å². The molecule has 1 aromatic heterocycles. The molecule has 1 heterocycles. The Hall–Kier alpha value is -1.25. The molecule has 0 amide bonds. The smallest absolute Gasteiger partial charge is 0.337 e. The van der Waals surface area contributed by atoms with Crippen LogP contribution in [0.4, 0.5) is 0 Å². The standard InChI is InChI=1S/C11H17NO2/c1-8(2)4-6-12-7-5-10(9(12)3)11(13)14/h5,7-8H,4,6H2,1-3H3,(H,13,14). The summed E-state index contributed by atoms with van der Waals surface area (Å²) in [5.74, 6) is -0.198. The summed E-state index contributed by atoms with van der Waals surface area (Å²) < 4.78 is 2.00. The van der Waals surface area contributed by atoms with Crippen molar-refractivity contribution in [3.05, 3.63) is 23.5 Å². The Labute approximate surface area is 84.4 Å². The van der Waals surface area contributed by atoms with Gasteiger partial charge in [0.2, 0.25) is 0 Å². The van der Waals surface area contributed by atoms with Gasteiger partial charge in [0.25, 0.3) is 0 Å². The largest absolute Gasteiger partial charge is 0.478 e. The number of aromatic carboxylic acids is 1. The van der Waals surface area contributed by atoms with E-state index in [1.165, 1.54) is 0 Å². The zero-order valence-corrected chi connectivity index (χ0v) is 8.95. The van der Waals surface area contributed by atoms with Crippen molar-refractivity contribution < 1.29 is 9.90 Å². The Morgan fingerprint density at radius 2 is 2.21 bits per heavy atom. The number of hydrogen-bond donors (Lipinski definition) is 1.